The summed E-state index contributed by atoms with van der Waals surface area (Å²) < 4.78 is 0. The molecule has 0 amide bonds. The van der Waals surface area contributed by atoms with Gasteiger partial charge in [-0.15, -0.1) is 0 Å². The second-order valence-corrected chi connectivity index (χ2v) is 3.72. The van der Waals surface area contributed by atoms with Crippen LogP contribution in [0.5, 0.6) is 0 Å². The van der Waals surface area contributed by atoms with Crippen LogP contribution in [0.3, 0.4) is 0 Å². The molecule has 1 fully saturated rings. The molecule has 76 valence electrons. The fraction of sp³-hybridized carbons (Fsp3) is 0.900. The first-order valence-corrected chi connectivity index (χ1v) is 5.15. The highest BCUT2D eigenvalue weighted by Crippen LogP contribution is 2.29. The van der Waals surface area contributed by atoms with E-state index in [1.165, 1.54) is 0 Å². The summed E-state index contributed by atoms with van der Waals surface area (Å²) in [5, 5.41) is 8.84. The molecule has 13 heavy (non-hydrogen) atoms. The van der Waals surface area contributed by atoms with Crippen LogP contribution >= 0.6 is 0 Å². The minimum absolute atomic E-state index is 0.0920. The third-order valence-electron chi connectivity index (χ3n) is 3.08. The highest BCUT2D eigenvalue weighted by atomic mass is 16.4. The Bertz CT molecular complexity index is 178. The summed E-state index contributed by atoms with van der Waals surface area (Å²) in [7, 11) is 0. The van der Waals surface area contributed by atoms with E-state index < -0.39 is 5.97 Å². The summed E-state index contributed by atoms with van der Waals surface area (Å²) in [6.07, 6.45) is 2.76. The highest BCUT2D eigenvalue weighted by Gasteiger charge is 2.31. The molecule has 0 spiro atoms. The van der Waals surface area contributed by atoms with E-state index in [-0.39, 0.29) is 5.92 Å². The minimum atomic E-state index is -0.616. The summed E-state index contributed by atoms with van der Waals surface area (Å²) >= 11 is 0. The Morgan fingerprint density at radius 2 is 2.00 bits per heavy atom. The molecule has 1 N–H and O–H groups in total. The maximum atomic E-state index is 10.7. The van der Waals surface area contributed by atoms with Gasteiger partial charge in [-0.05, 0) is 32.4 Å². The molecule has 3 nitrogen and oxygen atoms in total. The maximum absolute atomic E-state index is 10.7. The molecule has 1 aliphatic carbocycles. The molecule has 0 radical (unpaired) electrons. The Labute approximate surface area is 79.7 Å². The molecule has 2 unspecified atom stereocenters. The van der Waals surface area contributed by atoms with Crippen LogP contribution in [0.4, 0.5) is 0 Å². The fourth-order valence-corrected chi connectivity index (χ4v) is 2.25. The van der Waals surface area contributed by atoms with Crippen LogP contribution in [0.15, 0.2) is 0 Å². The molecule has 1 saturated carbocycles. The van der Waals surface area contributed by atoms with Gasteiger partial charge in [-0.3, -0.25) is 4.79 Å². The molecular weight excluding hydrogens is 166 g/mol. The van der Waals surface area contributed by atoms with E-state index in [2.05, 4.69) is 18.7 Å². The summed E-state index contributed by atoms with van der Waals surface area (Å²) in [6, 6.07) is 0.510. The SMILES string of the molecule is CCN(CC)C1CCC(C(=O)O)C1. The summed E-state index contributed by atoms with van der Waals surface area (Å²) in [5.41, 5.74) is 0. The number of aliphatic carboxylic acids is 1. The lowest BCUT2D eigenvalue weighted by atomic mass is 10.1. The zero-order valence-corrected chi connectivity index (χ0v) is 8.49. The number of carboxylic acid groups (broad SMARTS) is 1. The molecule has 0 aromatic heterocycles. The van der Waals surface area contributed by atoms with E-state index in [1.807, 2.05) is 0 Å². The summed E-state index contributed by atoms with van der Waals surface area (Å²) in [5.74, 6) is -0.708. The molecule has 1 aliphatic rings. The van der Waals surface area contributed by atoms with E-state index >= 15 is 0 Å². The first kappa shape index (κ1) is 10.5. The van der Waals surface area contributed by atoms with Gasteiger partial charge in [-0.25, -0.2) is 0 Å². The average Bonchev–Trinajstić information content (AvgIpc) is 2.56. The molecule has 0 saturated heterocycles. The van der Waals surface area contributed by atoms with E-state index in [0.717, 1.165) is 32.4 Å². The van der Waals surface area contributed by atoms with E-state index in [0.29, 0.717) is 6.04 Å². The molecule has 0 aliphatic heterocycles. The van der Waals surface area contributed by atoms with E-state index in [9.17, 15) is 4.79 Å². The monoisotopic (exact) mass is 185 g/mol. The molecule has 0 bridgehead atoms. The molecule has 0 heterocycles. The third kappa shape index (κ3) is 2.44. The van der Waals surface area contributed by atoms with Crippen molar-refractivity contribution >= 4 is 5.97 Å². The minimum Gasteiger partial charge on any atom is -0.481 e. The van der Waals surface area contributed by atoms with Crippen LogP contribution in [-0.4, -0.2) is 35.1 Å². The Morgan fingerprint density at radius 1 is 1.38 bits per heavy atom. The van der Waals surface area contributed by atoms with Crippen molar-refractivity contribution in [2.45, 2.75) is 39.2 Å². The molecule has 2 atom stereocenters. The lowest BCUT2D eigenvalue weighted by molar-refractivity contribution is -0.141. The van der Waals surface area contributed by atoms with Gasteiger partial charge < -0.3 is 10.0 Å². The molecular formula is C10H19NO2. The zero-order chi connectivity index (χ0) is 9.84. The molecule has 3 heteroatoms. The Kier molecular flexibility index (Phi) is 3.72. The number of rotatable bonds is 4. The lowest BCUT2D eigenvalue weighted by Crippen LogP contribution is -2.33. The number of carboxylic acids is 1. The second-order valence-electron chi connectivity index (χ2n) is 3.72. The fourth-order valence-electron chi connectivity index (χ4n) is 2.25. The van der Waals surface area contributed by atoms with Gasteiger partial charge in [0.1, 0.15) is 0 Å². The van der Waals surface area contributed by atoms with Gasteiger partial charge in [0, 0.05) is 6.04 Å². The quantitative estimate of drug-likeness (QED) is 0.723. The number of nitrogens with zero attached hydrogens (tertiary/aromatic N) is 1. The van der Waals surface area contributed by atoms with Crippen LogP contribution in [0.2, 0.25) is 0 Å². The predicted molar refractivity (Wildman–Crippen MR) is 51.7 cm³/mol. The van der Waals surface area contributed by atoms with Crippen LogP contribution < -0.4 is 0 Å². The van der Waals surface area contributed by atoms with E-state index in [1.54, 1.807) is 0 Å². The maximum Gasteiger partial charge on any atom is 0.306 e. The highest BCUT2D eigenvalue weighted by molar-refractivity contribution is 5.70. The van der Waals surface area contributed by atoms with Crippen molar-refractivity contribution in [1.29, 1.82) is 0 Å². The van der Waals surface area contributed by atoms with Crippen molar-refractivity contribution in [3.8, 4) is 0 Å². The van der Waals surface area contributed by atoms with E-state index in [4.69, 9.17) is 5.11 Å². The third-order valence-corrected chi connectivity index (χ3v) is 3.08. The van der Waals surface area contributed by atoms with Crippen molar-refractivity contribution in [2.75, 3.05) is 13.1 Å². The lowest BCUT2D eigenvalue weighted by Gasteiger charge is -2.25. The summed E-state index contributed by atoms with van der Waals surface area (Å²) in [6.45, 7) is 6.34. The topological polar surface area (TPSA) is 40.5 Å². The first-order valence-electron chi connectivity index (χ1n) is 5.15. The van der Waals surface area contributed by atoms with Crippen molar-refractivity contribution in [3.63, 3.8) is 0 Å². The van der Waals surface area contributed by atoms with Crippen molar-refractivity contribution in [1.82, 2.24) is 4.90 Å². The van der Waals surface area contributed by atoms with Crippen LogP contribution in [0, 0.1) is 5.92 Å². The normalized spacial score (nSPS) is 28.2. The zero-order valence-electron chi connectivity index (χ0n) is 8.49. The van der Waals surface area contributed by atoms with Gasteiger partial charge in [0.15, 0.2) is 0 Å². The smallest absolute Gasteiger partial charge is 0.306 e. The molecule has 0 aromatic carbocycles. The standard InChI is InChI=1S/C10H19NO2/c1-3-11(4-2)9-6-5-8(7-9)10(12)13/h8-9H,3-7H2,1-2H3,(H,12,13). The van der Waals surface area contributed by atoms with Crippen LogP contribution in [0.1, 0.15) is 33.1 Å². The first-order chi connectivity index (χ1) is 6.19. The van der Waals surface area contributed by atoms with Crippen molar-refractivity contribution in [3.05, 3.63) is 0 Å². The van der Waals surface area contributed by atoms with Gasteiger partial charge in [0.05, 0.1) is 5.92 Å². The average molecular weight is 185 g/mol. The number of carbonyl (C=O) groups is 1. The van der Waals surface area contributed by atoms with Crippen LogP contribution in [-0.2, 0) is 4.79 Å². The van der Waals surface area contributed by atoms with Crippen molar-refractivity contribution < 1.29 is 9.90 Å². The van der Waals surface area contributed by atoms with Gasteiger partial charge in [0.25, 0.3) is 0 Å². The number of hydrogen-bond acceptors (Lipinski definition) is 2. The van der Waals surface area contributed by atoms with Crippen LogP contribution in [0.25, 0.3) is 0 Å². The molecule has 1 rings (SSSR count). The van der Waals surface area contributed by atoms with Gasteiger partial charge >= 0.3 is 5.97 Å². The van der Waals surface area contributed by atoms with Crippen molar-refractivity contribution in [2.24, 2.45) is 5.92 Å². The van der Waals surface area contributed by atoms with Gasteiger partial charge in [0.2, 0.25) is 0 Å². The second kappa shape index (κ2) is 4.61. The Morgan fingerprint density at radius 3 is 2.38 bits per heavy atom. The number of hydrogen-bond donors (Lipinski definition) is 1. The van der Waals surface area contributed by atoms with Gasteiger partial charge in [-0.2, -0.15) is 0 Å². The predicted octanol–water partition coefficient (Wildman–Crippen LogP) is 1.58. The Hall–Kier alpha value is -0.570. The van der Waals surface area contributed by atoms with Gasteiger partial charge in [-0.1, -0.05) is 13.8 Å². The molecule has 0 aromatic rings. The largest absolute Gasteiger partial charge is 0.481 e. The Balaban J connectivity index is 2.43. The summed E-state index contributed by atoms with van der Waals surface area (Å²) in [4.78, 5) is 13.1.